The predicted octanol–water partition coefficient (Wildman–Crippen LogP) is 4.49. The summed E-state index contributed by atoms with van der Waals surface area (Å²) in [4.78, 5) is 25.3. The van der Waals surface area contributed by atoms with E-state index in [-0.39, 0.29) is 18.0 Å². The van der Waals surface area contributed by atoms with Gasteiger partial charge in [0.2, 0.25) is 0 Å². The lowest BCUT2D eigenvalue weighted by Crippen LogP contribution is -2.29. The fourth-order valence-corrected chi connectivity index (χ4v) is 3.15. The third kappa shape index (κ3) is 4.27. The molecule has 0 fully saturated rings. The predicted molar refractivity (Wildman–Crippen MR) is 102 cm³/mol. The Balaban J connectivity index is 1.58. The number of halogens is 5. The molecule has 3 aromatic rings. The standard InChI is InChI=1S/C21H13F5N2O4/c22-20(23,24)14-5-1-2-6-15(14)27-18(29)13-4-3-9-28(19(13)30)11-12-7-8-16-17(10-12)32-21(25,26)31-16/h1-10H,11H2,(H,27,29). The Morgan fingerprint density at radius 1 is 1.00 bits per heavy atom. The number of alkyl halides is 5. The summed E-state index contributed by atoms with van der Waals surface area (Å²) in [5.74, 6) is -1.40. The molecule has 4 rings (SSSR count). The number of aromatic nitrogens is 1. The fourth-order valence-electron chi connectivity index (χ4n) is 3.15. The lowest BCUT2D eigenvalue weighted by atomic mass is 10.1. The lowest BCUT2D eigenvalue weighted by Gasteiger charge is -2.14. The topological polar surface area (TPSA) is 69.6 Å². The van der Waals surface area contributed by atoms with Crippen LogP contribution in [0.2, 0.25) is 0 Å². The quantitative estimate of drug-likeness (QED) is 0.593. The van der Waals surface area contributed by atoms with Gasteiger partial charge in [-0.05, 0) is 42.0 Å². The Labute approximate surface area is 176 Å². The van der Waals surface area contributed by atoms with Gasteiger partial charge in [0.1, 0.15) is 5.56 Å². The number of nitrogens with one attached hydrogen (secondary N) is 1. The van der Waals surface area contributed by atoms with Crippen molar-refractivity contribution in [3.05, 3.63) is 87.8 Å². The number of para-hydroxylation sites is 1. The number of rotatable bonds is 4. The molecule has 1 aliphatic rings. The first-order chi connectivity index (χ1) is 15.0. The number of fused-ring (bicyclic) bond motifs is 1. The first-order valence-electron chi connectivity index (χ1n) is 9.09. The molecule has 0 spiro atoms. The Bertz CT molecular complexity index is 1250. The number of amides is 1. The van der Waals surface area contributed by atoms with Crippen molar-refractivity contribution in [2.24, 2.45) is 0 Å². The highest BCUT2D eigenvalue weighted by molar-refractivity contribution is 6.04. The summed E-state index contributed by atoms with van der Waals surface area (Å²) in [6, 6.07) is 10.9. The third-order valence-corrected chi connectivity index (χ3v) is 4.56. The molecule has 6 nitrogen and oxygen atoms in total. The van der Waals surface area contributed by atoms with Gasteiger partial charge in [-0.3, -0.25) is 9.59 Å². The first-order valence-corrected chi connectivity index (χ1v) is 9.09. The van der Waals surface area contributed by atoms with Gasteiger partial charge in [-0.15, -0.1) is 8.78 Å². The minimum atomic E-state index is -4.70. The first kappa shape index (κ1) is 21.3. The minimum absolute atomic E-state index is 0.110. The summed E-state index contributed by atoms with van der Waals surface area (Å²) >= 11 is 0. The van der Waals surface area contributed by atoms with Crippen molar-refractivity contribution in [1.29, 1.82) is 0 Å². The second kappa shape index (κ2) is 7.66. The second-order valence-corrected chi connectivity index (χ2v) is 6.80. The number of carbonyl (C=O) groups is 1. The highest BCUT2D eigenvalue weighted by Crippen LogP contribution is 2.41. The molecule has 2 aromatic carbocycles. The van der Waals surface area contributed by atoms with Gasteiger partial charge >= 0.3 is 12.5 Å². The van der Waals surface area contributed by atoms with E-state index in [1.165, 1.54) is 48.7 Å². The van der Waals surface area contributed by atoms with E-state index < -0.39 is 40.8 Å². The summed E-state index contributed by atoms with van der Waals surface area (Å²) in [7, 11) is 0. The van der Waals surface area contributed by atoms with Gasteiger partial charge in [0.25, 0.3) is 11.5 Å². The van der Waals surface area contributed by atoms with Crippen molar-refractivity contribution in [3.8, 4) is 11.5 Å². The van der Waals surface area contributed by atoms with Gasteiger partial charge < -0.3 is 19.4 Å². The Morgan fingerprint density at radius 2 is 1.72 bits per heavy atom. The molecule has 1 amide bonds. The smallest absolute Gasteiger partial charge is 0.395 e. The van der Waals surface area contributed by atoms with E-state index >= 15 is 0 Å². The lowest BCUT2D eigenvalue weighted by molar-refractivity contribution is -0.286. The monoisotopic (exact) mass is 452 g/mol. The largest absolute Gasteiger partial charge is 0.586 e. The van der Waals surface area contributed by atoms with E-state index in [0.717, 1.165) is 16.7 Å². The van der Waals surface area contributed by atoms with Crippen LogP contribution in [0.3, 0.4) is 0 Å². The normalized spacial score (nSPS) is 14.3. The van der Waals surface area contributed by atoms with Crippen LogP contribution < -0.4 is 20.3 Å². The molecule has 166 valence electrons. The molecule has 0 unspecified atom stereocenters. The van der Waals surface area contributed by atoms with Crippen molar-refractivity contribution >= 4 is 11.6 Å². The zero-order valence-corrected chi connectivity index (χ0v) is 16.0. The molecule has 1 N–H and O–H groups in total. The molecule has 0 saturated heterocycles. The summed E-state index contributed by atoms with van der Waals surface area (Å²) in [6.45, 7) is -0.110. The van der Waals surface area contributed by atoms with Gasteiger partial charge in [0.15, 0.2) is 11.5 Å². The maximum absolute atomic E-state index is 13.2. The van der Waals surface area contributed by atoms with E-state index in [1.54, 1.807) is 0 Å². The number of hydrogen-bond donors (Lipinski definition) is 1. The van der Waals surface area contributed by atoms with Crippen molar-refractivity contribution in [1.82, 2.24) is 4.57 Å². The summed E-state index contributed by atoms with van der Waals surface area (Å²) in [5.41, 5.74) is -2.32. The van der Waals surface area contributed by atoms with Gasteiger partial charge in [-0.2, -0.15) is 13.2 Å². The van der Waals surface area contributed by atoms with E-state index in [4.69, 9.17) is 0 Å². The Morgan fingerprint density at radius 3 is 2.47 bits per heavy atom. The van der Waals surface area contributed by atoms with E-state index in [0.29, 0.717) is 5.56 Å². The van der Waals surface area contributed by atoms with Gasteiger partial charge in [0.05, 0.1) is 17.8 Å². The van der Waals surface area contributed by atoms with Gasteiger partial charge in [0, 0.05) is 6.20 Å². The zero-order valence-electron chi connectivity index (χ0n) is 16.0. The van der Waals surface area contributed by atoms with Crippen LogP contribution in [0.4, 0.5) is 27.6 Å². The molecule has 0 bridgehead atoms. The molecule has 11 heteroatoms. The average molecular weight is 452 g/mol. The number of hydrogen-bond acceptors (Lipinski definition) is 4. The van der Waals surface area contributed by atoms with E-state index in [9.17, 15) is 31.5 Å². The molecule has 0 radical (unpaired) electrons. The molecule has 1 aliphatic heterocycles. The number of nitrogens with zero attached hydrogens (tertiary/aromatic N) is 1. The molecule has 32 heavy (non-hydrogen) atoms. The SMILES string of the molecule is O=C(Nc1ccccc1C(F)(F)F)c1cccn(Cc2ccc3c(c2)OC(F)(F)O3)c1=O. The number of carbonyl (C=O) groups excluding carboxylic acids is 1. The second-order valence-electron chi connectivity index (χ2n) is 6.80. The Hall–Kier alpha value is -3.89. The highest BCUT2D eigenvalue weighted by atomic mass is 19.4. The van der Waals surface area contributed by atoms with Crippen LogP contribution in [0.15, 0.2) is 65.6 Å². The molecule has 0 saturated carbocycles. The van der Waals surface area contributed by atoms with Crippen LogP contribution in [0.5, 0.6) is 11.5 Å². The molecule has 1 aromatic heterocycles. The van der Waals surface area contributed by atoms with Gasteiger partial charge in [-0.25, -0.2) is 0 Å². The van der Waals surface area contributed by atoms with Crippen molar-refractivity contribution in [3.63, 3.8) is 0 Å². The summed E-state index contributed by atoms with van der Waals surface area (Å²) in [5, 5.41) is 2.12. The molecular weight excluding hydrogens is 439 g/mol. The number of anilines is 1. The van der Waals surface area contributed by atoms with Crippen LogP contribution in [-0.2, 0) is 12.7 Å². The van der Waals surface area contributed by atoms with E-state index in [1.807, 2.05) is 0 Å². The highest BCUT2D eigenvalue weighted by Gasteiger charge is 2.43. The summed E-state index contributed by atoms with van der Waals surface area (Å²) in [6.07, 6.45) is -7.14. The van der Waals surface area contributed by atoms with Crippen molar-refractivity contribution < 1.29 is 36.2 Å². The van der Waals surface area contributed by atoms with Crippen molar-refractivity contribution in [2.45, 2.75) is 19.0 Å². The van der Waals surface area contributed by atoms with E-state index in [2.05, 4.69) is 14.8 Å². The molecule has 2 heterocycles. The minimum Gasteiger partial charge on any atom is -0.395 e. The Kier molecular flexibility index (Phi) is 5.11. The van der Waals surface area contributed by atoms with Crippen LogP contribution in [0.1, 0.15) is 21.5 Å². The average Bonchev–Trinajstić information content (AvgIpc) is 3.02. The molecule has 0 aliphatic carbocycles. The van der Waals surface area contributed by atoms with Crippen LogP contribution in [0, 0.1) is 0 Å². The van der Waals surface area contributed by atoms with Gasteiger partial charge in [-0.1, -0.05) is 18.2 Å². The van der Waals surface area contributed by atoms with Crippen LogP contribution in [-0.4, -0.2) is 16.8 Å². The maximum Gasteiger partial charge on any atom is 0.586 e. The third-order valence-electron chi connectivity index (χ3n) is 4.56. The number of benzene rings is 2. The van der Waals surface area contributed by atoms with Crippen LogP contribution >= 0.6 is 0 Å². The zero-order chi connectivity index (χ0) is 23.1. The number of ether oxygens (including phenoxy) is 2. The molecular formula is C21H13F5N2O4. The van der Waals surface area contributed by atoms with Crippen molar-refractivity contribution in [2.75, 3.05) is 5.32 Å². The molecule has 0 atom stereocenters. The van der Waals surface area contributed by atoms with Crippen LogP contribution in [0.25, 0.3) is 0 Å². The fraction of sp³-hybridized carbons (Fsp3) is 0.143. The number of pyridine rings is 1. The summed E-state index contributed by atoms with van der Waals surface area (Å²) < 4.78 is 75.6. The maximum atomic E-state index is 13.2.